The van der Waals surface area contributed by atoms with Crippen LogP contribution in [0.25, 0.3) is 0 Å². The average Bonchev–Trinajstić information content (AvgIpc) is 0. The summed E-state index contributed by atoms with van der Waals surface area (Å²) in [6, 6.07) is 0. The van der Waals surface area contributed by atoms with Crippen LogP contribution < -0.4 is 0 Å². The van der Waals surface area contributed by atoms with Gasteiger partial charge in [-0.1, -0.05) is 0 Å². The standard InChI is InChI=1S/Al.Cr.2Ni.Ti.3H. The van der Waals surface area contributed by atoms with Gasteiger partial charge in [0.05, 0.1) is 0 Å². The number of hydrogen-bond donors (Lipinski definition) is 0. The summed E-state index contributed by atoms with van der Waals surface area (Å²) in [7, 11) is 0. The molecule has 0 rings (SSSR count). The molecular formula is H3AlCrNi2Ti. The zero-order valence-corrected chi connectivity index (χ0v) is 6.35. The Morgan fingerprint density at radius 1 is 0.800 bits per heavy atom. The van der Waals surface area contributed by atoms with Crippen molar-refractivity contribution in [3.05, 3.63) is 0 Å². The molecule has 0 atom stereocenters. The summed E-state index contributed by atoms with van der Waals surface area (Å²) >= 11 is 0. The maximum atomic E-state index is 0. The molecule has 0 fully saturated rings. The van der Waals surface area contributed by atoms with Crippen molar-refractivity contribution in [1.82, 2.24) is 0 Å². The van der Waals surface area contributed by atoms with Crippen molar-refractivity contribution >= 4 is 17.4 Å². The predicted molar refractivity (Wildman–Crippen MR) is 9.94 cm³/mol. The van der Waals surface area contributed by atoms with E-state index in [1.165, 1.54) is 0 Å². The van der Waals surface area contributed by atoms with Crippen LogP contribution in [-0.4, -0.2) is 17.4 Å². The Labute approximate surface area is 88.2 Å². The second-order valence-electron chi connectivity index (χ2n) is 0. The Morgan fingerprint density at radius 2 is 0.800 bits per heavy atom. The molecule has 0 unspecified atom stereocenters. The summed E-state index contributed by atoms with van der Waals surface area (Å²) in [4.78, 5) is 0. The number of rotatable bonds is 0. The van der Waals surface area contributed by atoms with Crippen molar-refractivity contribution in [1.29, 1.82) is 0 Å². The van der Waals surface area contributed by atoms with Gasteiger partial charge >= 0.3 is 0 Å². The zero-order chi connectivity index (χ0) is 0. The molecule has 0 radical (unpaired) electrons. The monoisotopic (exact) mass is 246 g/mol. The summed E-state index contributed by atoms with van der Waals surface area (Å²) in [6.45, 7) is 0. The summed E-state index contributed by atoms with van der Waals surface area (Å²) < 4.78 is 0. The van der Waals surface area contributed by atoms with Gasteiger partial charge in [-0.05, 0) is 0 Å². The molecular weight excluding hydrogens is 244 g/mol. The van der Waals surface area contributed by atoms with Crippen LogP contribution in [0.15, 0.2) is 0 Å². The van der Waals surface area contributed by atoms with Crippen LogP contribution in [0.2, 0.25) is 0 Å². The Hall–Kier alpha value is 2.77. The minimum absolute atomic E-state index is 0. The molecule has 0 aliphatic carbocycles. The van der Waals surface area contributed by atoms with E-state index in [0.29, 0.717) is 0 Å². The van der Waals surface area contributed by atoms with Crippen LogP contribution in [-0.2, 0) is 72.1 Å². The fourth-order valence-corrected chi connectivity index (χ4v) is 0. The molecule has 0 aliphatic rings. The minimum atomic E-state index is 0. The van der Waals surface area contributed by atoms with Crippen molar-refractivity contribution in [2.75, 3.05) is 0 Å². The molecule has 36 valence electrons. The summed E-state index contributed by atoms with van der Waals surface area (Å²) in [5.41, 5.74) is 0. The van der Waals surface area contributed by atoms with Gasteiger partial charge in [0.2, 0.25) is 0 Å². The van der Waals surface area contributed by atoms with Gasteiger partial charge in [-0.3, -0.25) is 0 Å². The molecule has 5 heavy (non-hydrogen) atoms. The second kappa shape index (κ2) is 29.4. The first-order valence-corrected chi connectivity index (χ1v) is 0. The Balaban J connectivity index is 0. The molecule has 0 nitrogen and oxygen atoms in total. The van der Waals surface area contributed by atoms with Crippen molar-refractivity contribution in [2.45, 2.75) is 0 Å². The zero-order valence-electron chi connectivity index (χ0n) is 1.54. The molecule has 0 aliphatic heterocycles. The smallest absolute Gasteiger partial charge is 0 e. The number of hydrogen-bond acceptors (Lipinski definition) is 0. The van der Waals surface area contributed by atoms with Crippen molar-refractivity contribution < 1.29 is 72.1 Å². The third kappa shape index (κ3) is 20.1. The molecule has 0 bridgehead atoms. The summed E-state index contributed by atoms with van der Waals surface area (Å²) in [5.74, 6) is 0. The molecule has 0 saturated heterocycles. The third-order valence-corrected chi connectivity index (χ3v) is 0. The first-order valence-electron chi connectivity index (χ1n) is 0. The second-order valence-corrected chi connectivity index (χ2v) is 0. The molecule has 5 heteroatoms. The Morgan fingerprint density at radius 3 is 0.800 bits per heavy atom. The van der Waals surface area contributed by atoms with Gasteiger partial charge < -0.3 is 0 Å². The summed E-state index contributed by atoms with van der Waals surface area (Å²) in [5, 5.41) is 0. The van der Waals surface area contributed by atoms with Crippen molar-refractivity contribution in [3.8, 4) is 0 Å². The van der Waals surface area contributed by atoms with Crippen LogP contribution in [0.4, 0.5) is 0 Å². The predicted octanol–water partition coefficient (Wildman–Crippen LogP) is -1.19. The van der Waals surface area contributed by atoms with Crippen molar-refractivity contribution in [3.63, 3.8) is 0 Å². The first kappa shape index (κ1) is 46.5. The van der Waals surface area contributed by atoms with Crippen LogP contribution in [0, 0.1) is 0 Å². The molecule has 0 aromatic rings. The van der Waals surface area contributed by atoms with Gasteiger partial charge in [-0.2, -0.15) is 0 Å². The van der Waals surface area contributed by atoms with Crippen LogP contribution in [0.1, 0.15) is 0 Å². The van der Waals surface area contributed by atoms with E-state index in [-0.39, 0.29) is 89.4 Å². The van der Waals surface area contributed by atoms with E-state index in [1.807, 2.05) is 0 Å². The van der Waals surface area contributed by atoms with Crippen molar-refractivity contribution in [2.24, 2.45) is 0 Å². The van der Waals surface area contributed by atoms with E-state index in [4.69, 9.17) is 0 Å². The van der Waals surface area contributed by atoms with Gasteiger partial charge in [-0.25, -0.2) is 0 Å². The van der Waals surface area contributed by atoms with Crippen LogP contribution >= 0.6 is 0 Å². The van der Waals surface area contributed by atoms with E-state index < -0.39 is 0 Å². The maximum absolute atomic E-state index is 0. The molecule has 0 amide bonds. The Kier molecular flexibility index (Phi) is 273. The first-order chi connectivity index (χ1) is 0. The Bertz CT molecular complexity index is 9.61. The molecule has 0 heterocycles. The topological polar surface area (TPSA) is 0 Å². The largest absolute Gasteiger partial charge is 0.187 e. The van der Waals surface area contributed by atoms with Crippen LogP contribution in [0.3, 0.4) is 0 Å². The van der Waals surface area contributed by atoms with E-state index in [2.05, 4.69) is 0 Å². The normalized spacial score (nSPS) is 0. The molecule has 0 aromatic heterocycles. The van der Waals surface area contributed by atoms with Gasteiger partial charge in [0, 0.05) is 72.1 Å². The summed E-state index contributed by atoms with van der Waals surface area (Å²) in [6.07, 6.45) is 0. The van der Waals surface area contributed by atoms with Crippen LogP contribution in [0.5, 0.6) is 0 Å². The van der Waals surface area contributed by atoms with E-state index in [0.717, 1.165) is 0 Å². The van der Waals surface area contributed by atoms with Gasteiger partial charge in [0.1, 0.15) is 0 Å². The molecule has 0 saturated carbocycles. The fraction of sp³-hybridized carbons (Fsp3) is 0. The average molecular weight is 247 g/mol. The minimum Gasteiger partial charge on any atom is 0 e. The van der Waals surface area contributed by atoms with Gasteiger partial charge in [0.15, 0.2) is 17.4 Å². The van der Waals surface area contributed by atoms with E-state index in [9.17, 15) is 0 Å². The third-order valence-electron chi connectivity index (χ3n) is 0. The SMILES string of the molecule is [AlH3].[Cr].[Ni].[Ni].[Ti]. The molecule has 0 spiro atoms. The van der Waals surface area contributed by atoms with E-state index in [1.54, 1.807) is 0 Å². The quantitative estimate of drug-likeness (QED) is 0.472. The maximum Gasteiger partial charge on any atom is 0.187 e. The van der Waals surface area contributed by atoms with E-state index >= 15 is 0 Å². The molecule has 0 aromatic carbocycles. The fourth-order valence-electron chi connectivity index (χ4n) is 0. The van der Waals surface area contributed by atoms with Gasteiger partial charge in [0.25, 0.3) is 0 Å². The van der Waals surface area contributed by atoms with Gasteiger partial charge in [-0.15, -0.1) is 0 Å². The molecule has 0 N–H and O–H groups in total.